The fraction of sp³-hybridized carbons (Fsp3) is 0.471. The number of piperidine rings is 1. The van der Waals surface area contributed by atoms with Gasteiger partial charge in [0.1, 0.15) is 0 Å². The number of likely N-dealkylation sites (tertiary alicyclic amines) is 1. The fourth-order valence-electron chi connectivity index (χ4n) is 2.94. The summed E-state index contributed by atoms with van der Waals surface area (Å²) in [5.41, 5.74) is 7.46. The molecule has 1 aromatic carbocycles. The molecular formula is C17H23ClN4O2. The maximum atomic E-state index is 12.5. The van der Waals surface area contributed by atoms with E-state index in [1.807, 2.05) is 31.2 Å². The van der Waals surface area contributed by atoms with Crippen molar-refractivity contribution in [2.24, 2.45) is 11.7 Å². The number of halogens is 1. The smallest absolute Gasteiger partial charge is 0.240 e. The van der Waals surface area contributed by atoms with Gasteiger partial charge in [0.05, 0.1) is 13.1 Å². The van der Waals surface area contributed by atoms with E-state index >= 15 is 0 Å². The Labute approximate surface area is 147 Å². The van der Waals surface area contributed by atoms with E-state index in [-0.39, 0.29) is 30.7 Å². The van der Waals surface area contributed by atoms with Gasteiger partial charge in [0.25, 0.3) is 0 Å². The lowest BCUT2D eigenvalue weighted by Crippen LogP contribution is -2.36. The lowest BCUT2D eigenvalue weighted by atomic mass is 9.88. The van der Waals surface area contributed by atoms with Crippen molar-refractivity contribution in [3.8, 4) is 0 Å². The Morgan fingerprint density at radius 1 is 1.29 bits per heavy atom. The Kier molecular flexibility index (Phi) is 6.48. The molecule has 2 aromatic rings. The number of Topliss-reactive ketones (excluding diaryl/α,β-unsaturated/α-hetero) is 1. The predicted molar refractivity (Wildman–Crippen MR) is 92.9 cm³/mol. The normalized spacial score (nSPS) is 15.9. The van der Waals surface area contributed by atoms with Crippen LogP contribution in [-0.4, -0.2) is 33.9 Å². The summed E-state index contributed by atoms with van der Waals surface area (Å²) in [6.07, 6.45) is 1.74. The van der Waals surface area contributed by atoms with Crippen LogP contribution in [-0.2, 0) is 13.1 Å². The Morgan fingerprint density at radius 2 is 1.96 bits per heavy atom. The first kappa shape index (κ1) is 18.6. The topological polar surface area (TPSA) is 85.2 Å². The van der Waals surface area contributed by atoms with Gasteiger partial charge in [-0.1, -0.05) is 35.0 Å². The van der Waals surface area contributed by atoms with Crippen molar-refractivity contribution in [3.63, 3.8) is 0 Å². The van der Waals surface area contributed by atoms with Gasteiger partial charge in [0.15, 0.2) is 11.6 Å². The zero-order valence-electron chi connectivity index (χ0n) is 13.8. The van der Waals surface area contributed by atoms with Crippen molar-refractivity contribution in [1.82, 2.24) is 15.0 Å². The van der Waals surface area contributed by atoms with Crippen molar-refractivity contribution in [1.29, 1.82) is 0 Å². The van der Waals surface area contributed by atoms with E-state index in [1.165, 1.54) is 5.56 Å². The van der Waals surface area contributed by atoms with Gasteiger partial charge < -0.3 is 10.3 Å². The number of hydrogen-bond donors (Lipinski definition) is 1. The van der Waals surface area contributed by atoms with Gasteiger partial charge in [-0.05, 0) is 32.9 Å². The van der Waals surface area contributed by atoms with Crippen molar-refractivity contribution in [2.45, 2.75) is 32.9 Å². The number of benzene rings is 1. The second-order valence-electron chi connectivity index (χ2n) is 6.09. The molecule has 1 aromatic heterocycles. The Morgan fingerprint density at radius 3 is 2.54 bits per heavy atom. The molecule has 1 aliphatic rings. The van der Waals surface area contributed by atoms with E-state index in [2.05, 4.69) is 15.0 Å². The third-order valence-electron chi connectivity index (χ3n) is 4.34. The van der Waals surface area contributed by atoms with E-state index in [4.69, 9.17) is 10.3 Å². The van der Waals surface area contributed by atoms with Crippen LogP contribution in [0.1, 0.15) is 40.5 Å². The summed E-state index contributed by atoms with van der Waals surface area (Å²) >= 11 is 0. The second-order valence-corrected chi connectivity index (χ2v) is 6.09. The van der Waals surface area contributed by atoms with Gasteiger partial charge >= 0.3 is 0 Å². The van der Waals surface area contributed by atoms with Crippen LogP contribution in [0.15, 0.2) is 28.8 Å². The first-order valence-electron chi connectivity index (χ1n) is 8.00. The summed E-state index contributed by atoms with van der Waals surface area (Å²) in [7, 11) is 0. The quantitative estimate of drug-likeness (QED) is 0.833. The van der Waals surface area contributed by atoms with Gasteiger partial charge in [-0.25, -0.2) is 0 Å². The van der Waals surface area contributed by atoms with Crippen molar-refractivity contribution in [3.05, 3.63) is 47.1 Å². The molecule has 0 unspecified atom stereocenters. The van der Waals surface area contributed by atoms with E-state index in [1.54, 1.807) is 0 Å². The van der Waals surface area contributed by atoms with E-state index in [0.717, 1.165) is 31.5 Å². The molecule has 2 N–H and O–H groups in total. The van der Waals surface area contributed by atoms with Crippen molar-refractivity contribution in [2.75, 3.05) is 13.1 Å². The molecule has 0 bridgehead atoms. The molecule has 3 rings (SSSR count). The molecule has 130 valence electrons. The standard InChI is InChI=1S/C17H22N4O2.ClH/c1-12-2-4-13(5-3-12)17(22)14-6-8-21(9-7-14)11-15-19-16(10-18)23-20-15;/h2-5,14H,6-11,18H2,1H3;1H. The van der Waals surface area contributed by atoms with E-state index < -0.39 is 0 Å². The summed E-state index contributed by atoms with van der Waals surface area (Å²) < 4.78 is 5.02. The SMILES string of the molecule is Cc1ccc(C(=O)C2CCN(Cc3noc(CN)n3)CC2)cc1.Cl. The lowest BCUT2D eigenvalue weighted by molar-refractivity contribution is 0.0832. The van der Waals surface area contributed by atoms with Crippen LogP contribution in [0.4, 0.5) is 0 Å². The number of rotatable bonds is 5. The van der Waals surface area contributed by atoms with Gasteiger partial charge in [0, 0.05) is 11.5 Å². The number of nitrogens with zero attached hydrogens (tertiary/aromatic N) is 3. The van der Waals surface area contributed by atoms with Crippen LogP contribution in [0.2, 0.25) is 0 Å². The lowest BCUT2D eigenvalue weighted by Gasteiger charge is -2.30. The highest BCUT2D eigenvalue weighted by molar-refractivity contribution is 5.97. The second kappa shape index (κ2) is 8.37. The zero-order chi connectivity index (χ0) is 16.2. The fourth-order valence-corrected chi connectivity index (χ4v) is 2.94. The molecule has 0 atom stereocenters. The monoisotopic (exact) mass is 350 g/mol. The third-order valence-corrected chi connectivity index (χ3v) is 4.34. The largest absolute Gasteiger partial charge is 0.338 e. The summed E-state index contributed by atoms with van der Waals surface area (Å²) in [5, 5.41) is 3.92. The number of carbonyl (C=O) groups is 1. The Hall–Kier alpha value is -1.76. The zero-order valence-corrected chi connectivity index (χ0v) is 14.6. The Balaban J connectivity index is 0.00000208. The molecule has 0 radical (unpaired) electrons. The summed E-state index contributed by atoms with van der Waals surface area (Å²) in [6, 6.07) is 7.84. The highest BCUT2D eigenvalue weighted by Crippen LogP contribution is 2.22. The predicted octanol–water partition coefficient (Wildman–Crippen LogP) is 2.35. The molecule has 7 heteroatoms. The molecule has 6 nitrogen and oxygen atoms in total. The van der Waals surface area contributed by atoms with Gasteiger partial charge in [-0.15, -0.1) is 12.4 Å². The van der Waals surface area contributed by atoms with Gasteiger partial charge in [0.2, 0.25) is 5.89 Å². The number of carbonyl (C=O) groups excluding carboxylic acids is 1. The summed E-state index contributed by atoms with van der Waals surface area (Å²) in [5.74, 6) is 1.49. The van der Waals surface area contributed by atoms with Crippen molar-refractivity contribution < 1.29 is 9.32 Å². The molecule has 0 amide bonds. The van der Waals surface area contributed by atoms with Crippen LogP contribution in [0, 0.1) is 12.8 Å². The first-order chi connectivity index (χ1) is 11.2. The Bertz CT molecular complexity index is 663. The highest BCUT2D eigenvalue weighted by atomic mass is 35.5. The van der Waals surface area contributed by atoms with Crippen LogP contribution < -0.4 is 5.73 Å². The van der Waals surface area contributed by atoms with Crippen molar-refractivity contribution >= 4 is 18.2 Å². The molecule has 1 aliphatic heterocycles. The van der Waals surface area contributed by atoms with Crippen LogP contribution in [0.5, 0.6) is 0 Å². The molecule has 2 heterocycles. The molecule has 0 aliphatic carbocycles. The van der Waals surface area contributed by atoms with Crippen LogP contribution in [0.3, 0.4) is 0 Å². The number of aryl methyl sites for hydroxylation is 1. The number of nitrogens with two attached hydrogens (primary N) is 1. The average molecular weight is 351 g/mol. The number of aromatic nitrogens is 2. The molecule has 0 saturated carbocycles. The highest BCUT2D eigenvalue weighted by Gasteiger charge is 2.26. The van der Waals surface area contributed by atoms with E-state index in [0.29, 0.717) is 18.3 Å². The van der Waals surface area contributed by atoms with Crippen LogP contribution >= 0.6 is 12.4 Å². The maximum Gasteiger partial charge on any atom is 0.240 e. The minimum absolute atomic E-state index is 0. The van der Waals surface area contributed by atoms with Gasteiger partial charge in [-0.3, -0.25) is 9.69 Å². The number of ketones is 1. The van der Waals surface area contributed by atoms with Crippen LogP contribution in [0.25, 0.3) is 0 Å². The summed E-state index contributed by atoms with van der Waals surface area (Å²) in [4.78, 5) is 19.0. The molecule has 0 spiro atoms. The minimum Gasteiger partial charge on any atom is -0.338 e. The molecular weight excluding hydrogens is 328 g/mol. The maximum absolute atomic E-state index is 12.5. The summed E-state index contributed by atoms with van der Waals surface area (Å²) in [6.45, 7) is 4.68. The van der Waals surface area contributed by atoms with E-state index in [9.17, 15) is 4.79 Å². The van der Waals surface area contributed by atoms with Gasteiger partial charge in [-0.2, -0.15) is 4.98 Å². The number of hydrogen-bond acceptors (Lipinski definition) is 6. The molecule has 24 heavy (non-hydrogen) atoms. The third kappa shape index (κ3) is 4.41. The molecule has 1 fully saturated rings. The first-order valence-corrected chi connectivity index (χ1v) is 8.00. The minimum atomic E-state index is 0. The molecule has 1 saturated heterocycles. The average Bonchev–Trinajstić information content (AvgIpc) is 3.03.